The van der Waals surface area contributed by atoms with Gasteiger partial charge in [-0.15, -0.1) is 0 Å². The largest absolute Gasteiger partial charge is 0.452 e. The number of piperazine rings is 1. The molecule has 0 atom stereocenters. The molecule has 2 N–H and O–H groups in total. The number of anilines is 2. The molecule has 0 aliphatic carbocycles. The topological polar surface area (TPSA) is 82.1 Å². The zero-order valence-electron chi connectivity index (χ0n) is 17.3. The third kappa shape index (κ3) is 5.91. The second-order valence-corrected chi connectivity index (χ2v) is 7.19. The van der Waals surface area contributed by atoms with Crippen molar-refractivity contribution in [3.63, 3.8) is 0 Å². The van der Waals surface area contributed by atoms with Gasteiger partial charge in [0.25, 0.3) is 5.91 Å². The zero-order valence-corrected chi connectivity index (χ0v) is 17.3. The molecule has 0 bridgehead atoms. The Morgan fingerprint density at radius 1 is 1.03 bits per heavy atom. The van der Waals surface area contributed by atoms with Crippen LogP contribution in [0.25, 0.3) is 0 Å². The first kappa shape index (κ1) is 23.4. The molecule has 0 unspecified atom stereocenters. The molecule has 0 spiro atoms. The molecule has 3 rings (SSSR count). The van der Waals surface area contributed by atoms with E-state index < -0.39 is 24.3 Å². The smallest absolute Gasteiger partial charge is 0.416 e. The van der Waals surface area contributed by atoms with E-state index in [1.165, 1.54) is 11.0 Å². The number of aliphatic hydroxyl groups excluding tert-OH is 1. The number of hydrogen-bond acceptors (Lipinski definition) is 6. The molecule has 2 aromatic carbocycles. The average Bonchev–Trinajstić information content (AvgIpc) is 2.81. The molecular weight excluding hydrogens is 427 g/mol. The molecule has 32 heavy (non-hydrogen) atoms. The van der Waals surface area contributed by atoms with Crippen LogP contribution in [0.4, 0.5) is 24.5 Å². The lowest BCUT2D eigenvalue weighted by Gasteiger charge is -2.36. The molecule has 10 heteroatoms. The first-order chi connectivity index (χ1) is 15.3. The minimum atomic E-state index is -4.41. The SMILES string of the molecule is O=C(OCC(=O)N1CCN(c2cccc(C(F)(F)F)c2)CC1)c1ccccc1NCCO. The van der Waals surface area contributed by atoms with Gasteiger partial charge in [0.2, 0.25) is 0 Å². The number of amides is 1. The summed E-state index contributed by atoms with van der Waals surface area (Å²) in [6.45, 7) is 1.08. The Morgan fingerprint density at radius 2 is 1.75 bits per heavy atom. The third-order valence-electron chi connectivity index (χ3n) is 5.07. The fraction of sp³-hybridized carbons (Fsp3) is 0.364. The summed E-state index contributed by atoms with van der Waals surface area (Å²) in [5.74, 6) is -1.04. The molecule has 2 aromatic rings. The summed E-state index contributed by atoms with van der Waals surface area (Å²) in [6.07, 6.45) is -4.41. The van der Waals surface area contributed by atoms with Crippen LogP contribution in [0.1, 0.15) is 15.9 Å². The lowest BCUT2D eigenvalue weighted by molar-refractivity contribution is -0.137. The molecule has 1 fully saturated rings. The van der Waals surface area contributed by atoms with Gasteiger partial charge in [0.15, 0.2) is 6.61 Å². The minimum Gasteiger partial charge on any atom is -0.452 e. The van der Waals surface area contributed by atoms with E-state index in [9.17, 15) is 22.8 Å². The van der Waals surface area contributed by atoms with Gasteiger partial charge >= 0.3 is 12.1 Å². The second kappa shape index (κ2) is 10.4. The number of carbonyl (C=O) groups is 2. The van der Waals surface area contributed by atoms with Gasteiger partial charge in [-0.1, -0.05) is 18.2 Å². The first-order valence-electron chi connectivity index (χ1n) is 10.1. The number of hydrogen-bond donors (Lipinski definition) is 2. The average molecular weight is 451 g/mol. The van der Waals surface area contributed by atoms with Crippen LogP contribution in [-0.4, -0.2) is 67.8 Å². The fourth-order valence-electron chi connectivity index (χ4n) is 3.40. The van der Waals surface area contributed by atoms with Crippen molar-refractivity contribution in [2.24, 2.45) is 0 Å². The predicted octanol–water partition coefficient (Wildman–Crippen LogP) is 2.62. The predicted molar refractivity (Wildman–Crippen MR) is 113 cm³/mol. The summed E-state index contributed by atoms with van der Waals surface area (Å²) in [7, 11) is 0. The van der Waals surface area contributed by atoms with Gasteiger partial charge in [0.1, 0.15) is 0 Å². The van der Waals surface area contributed by atoms with E-state index in [-0.39, 0.29) is 24.6 Å². The first-order valence-corrected chi connectivity index (χ1v) is 10.1. The molecule has 172 valence electrons. The molecule has 0 saturated carbocycles. The lowest BCUT2D eigenvalue weighted by atomic mass is 10.1. The van der Waals surface area contributed by atoms with Gasteiger partial charge in [-0.25, -0.2) is 4.79 Å². The molecule has 1 amide bonds. The van der Waals surface area contributed by atoms with Crippen LogP contribution in [0, 0.1) is 0 Å². The summed E-state index contributed by atoms with van der Waals surface area (Å²) in [4.78, 5) is 28.1. The Hall–Kier alpha value is -3.27. The quantitative estimate of drug-likeness (QED) is 0.630. The van der Waals surface area contributed by atoms with Crippen LogP contribution < -0.4 is 10.2 Å². The molecular formula is C22H24F3N3O4. The van der Waals surface area contributed by atoms with Gasteiger partial charge in [0.05, 0.1) is 17.7 Å². The van der Waals surface area contributed by atoms with Crippen LogP contribution in [0.3, 0.4) is 0 Å². The van der Waals surface area contributed by atoms with E-state index in [0.717, 1.165) is 12.1 Å². The molecule has 0 radical (unpaired) electrons. The van der Waals surface area contributed by atoms with E-state index in [1.807, 2.05) is 0 Å². The van der Waals surface area contributed by atoms with Gasteiger partial charge < -0.3 is 25.0 Å². The maximum atomic E-state index is 12.9. The fourth-order valence-corrected chi connectivity index (χ4v) is 3.40. The van der Waals surface area contributed by atoms with Crippen molar-refractivity contribution in [2.45, 2.75) is 6.18 Å². The van der Waals surface area contributed by atoms with Crippen molar-refractivity contribution in [2.75, 3.05) is 56.2 Å². The monoisotopic (exact) mass is 451 g/mol. The summed E-state index contributed by atoms with van der Waals surface area (Å²) in [5.41, 5.74) is 0.483. The molecule has 1 saturated heterocycles. The highest BCUT2D eigenvalue weighted by Crippen LogP contribution is 2.31. The van der Waals surface area contributed by atoms with Crippen LogP contribution in [0.15, 0.2) is 48.5 Å². The van der Waals surface area contributed by atoms with Crippen LogP contribution in [-0.2, 0) is 15.7 Å². The highest BCUT2D eigenvalue weighted by Gasteiger charge is 2.31. The molecule has 1 heterocycles. The van der Waals surface area contributed by atoms with E-state index in [0.29, 0.717) is 37.6 Å². The summed E-state index contributed by atoms with van der Waals surface area (Å²) >= 11 is 0. The number of nitrogens with zero attached hydrogens (tertiary/aromatic N) is 2. The van der Waals surface area contributed by atoms with Crippen LogP contribution in [0.2, 0.25) is 0 Å². The van der Waals surface area contributed by atoms with Crippen LogP contribution >= 0.6 is 0 Å². The number of alkyl halides is 3. The number of halogens is 3. The molecule has 7 nitrogen and oxygen atoms in total. The minimum absolute atomic E-state index is 0.103. The Bertz CT molecular complexity index is 944. The lowest BCUT2D eigenvalue weighted by Crippen LogP contribution is -2.50. The number of benzene rings is 2. The Morgan fingerprint density at radius 3 is 2.44 bits per heavy atom. The van der Waals surface area contributed by atoms with Crippen molar-refractivity contribution in [1.82, 2.24) is 4.90 Å². The highest BCUT2D eigenvalue weighted by molar-refractivity contribution is 5.96. The Balaban J connectivity index is 1.52. The van der Waals surface area contributed by atoms with E-state index in [1.54, 1.807) is 35.2 Å². The number of nitrogens with one attached hydrogen (secondary N) is 1. The van der Waals surface area contributed by atoms with Crippen molar-refractivity contribution in [3.05, 3.63) is 59.7 Å². The number of ether oxygens (including phenoxy) is 1. The van der Waals surface area contributed by atoms with Crippen molar-refractivity contribution < 1.29 is 32.6 Å². The van der Waals surface area contributed by atoms with Crippen molar-refractivity contribution in [3.8, 4) is 0 Å². The Kier molecular flexibility index (Phi) is 7.57. The summed E-state index contributed by atoms with van der Waals surface area (Å²) in [6, 6.07) is 11.7. The van der Waals surface area contributed by atoms with Crippen LogP contribution in [0.5, 0.6) is 0 Å². The number of para-hydroxylation sites is 1. The van der Waals surface area contributed by atoms with Crippen molar-refractivity contribution >= 4 is 23.3 Å². The zero-order chi connectivity index (χ0) is 23.1. The van der Waals surface area contributed by atoms with Gasteiger partial charge in [-0.3, -0.25) is 4.79 Å². The number of rotatable bonds is 7. The maximum Gasteiger partial charge on any atom is 0.416 e. The number of carbonyl (C=O) groups excluding carboxylic acids is 2. The second-order valence-electron chi connectivity index (χ2n) is 7.19. The summed E-state index contributed by atoms with van der Waals surface area (Å²) < 4.78 is 44.0. The maximum absolute atomic E-state index is 12.9. The Labute approximate surface area is 183 Å². The van der Waals surface area contributed by atoms with Gasteiger partial charge in [-0.05, 0) is 30.3 Å². The normalized spacial score (nSPS) is 14.2. The highest BCUT2D eigenvalue weighted by atomic mass is 19.4. The van der Waals surface area contributed by atoms with Gasteiger partial charge in [-0.2, -0.15) is 13.2 Å². The molecule has 0 aromatic heterocycles. The summed E-state index contributed by atoms with van der Waals surface area (Å²) in [5, 5.41) is 11.8. The third-order valence-corrected chi connectivity index (χ3v) is 5.07. The molecule has 1 aliphatic heterocycles. The van der Waals surface area contributed by atoms with E-state index in [4.69, 9.17) is 9.84 Å². The standard InChI is InChI=1S/C22H24F3N3O4/c23-22(24,25)16-4-3-5-17(14-16)27-9-11-28(12-10-27)20(30)15-32-21(31)18-6-1-2-7-19(18)26-8-13-29/h1-7,14,26,29H,8-13,15H2. The van der Waals surface area contributed by atoms with E-state index >= 15 is 0 Å². The molecule has 1 aliphatic rings. The number of esters is 1. The van der Waals surface area contributed by atoms with Crippen molar-refractivity contribution in [1.29, 1.82) is 0 Å². The van der Waals surface area contributed by atoms with Gasteiger partial charge in [0, 0.05) is 44.1 Å². The van der Waals surface area contributed by atoms with E-state index in [2.05, 4.69) is 5.32 Å². The number of aliphatic hydroxyl groups is 1.